The first kappa shape index (κ1) is 15.6. The van der Waals surface area contributed by atoms with E-state index >= 15 is 0 Å². The van der Waals surface area contributed by atoms with E-state index in [2.05, 4.69) is 69.5 Å². The highest BCUT2D eigenvalue weighted by Gasteiger charge is 2.13. The van der Waals surface area contributed by atoms with E-state index in [1.807, 2.05) is 0 Å². The summed E-state index contributed by atoms with van der Waals surface area (Å²) in [6.07, 6.45) is 5.16. The maximum atomic E-state index is 4.38. The maximum Gasteiger partial charge on any atom is 0.134 e. The fraction of sp³-hybridized carbons (Fsp3) is 0.444. The molecule has 0 spiro atoms. The Bertz CT molecular complexity index is 618. The quantitative estimate of drug-likeness (QED) is 0.889. The number of nitrogens with zero attached hydrogens (tertiary/aromatic N) is 4. The molecule has 0 unspecified atom stereocenters. The molecule has 122 valence electrons. The zero-order valence-electron chi connectivity index (χ0n) is 14.0. The SMILES string of the molecule is CN(C)c1ccc(CCNc2cc(N3CCCC3)ncn2)cc1. The van der Waals surface area contributed by atoms with E-state index in [9.17, 15) is 0 Å². The molecule has 0 bridgehead atoms. The second kappa shape index (κ2) is 7.31. The summed E-state index contributed by atoms with van der Waals surface area (Å²) in [5, 5.41) is 3.41. The molecule has 2 heterocycles. The summed E-state index contributed by atoms with van der Waals surface area (Å²) in [6, 6.07) is 10.7. The lowest BCUT2D eigenvalue weighted by molar-refractivity contribution is 0.923. The molecule has 0 saturated carbocycles. The van der Waals surface area contributed by atoms with Crippen LogP contribution >= 0.6 is 0 Å². The lowest BCUT2D eigenvalue weighted by Gasteiger charge is -2.16. The molecule has 0 amide bonds. The highest BCUT2D eigenvalue weighted by atomic mass is 15.2. The number of anilines is 3. The normalized spacial score (nSPS) is 14.1. The van der Waals surface area contributed by atoms with Crippen molar-refractivity contribution in [3.8, 4) is 0 Å². The lowest BCUT2D eigenvalue weighted by atomic mass is 10.1. The van der Waals surface area contributed by atoms with E-state index in [4.69, 9.17) is 0 Å². The van der Waals surface area contributed by atoms with Crippen molar-refractivity contribution in [2.24, 2.45) is 0 Å². The van der Waals surface area contributed by atoms with Crippen LogP contribution in [0.25, 0.3) is 0 Å². The van der Waals surface area contributed by atoms with Gasteiger partial charge in [0, 0.05) is 45.5 Å². The highest BCUT2D eigenvalue weighted by molar-refractivity contribution is 5.49. The van der Waals surface area contributed by atoms with Crippen LogP contribution in [0.2, 0.25) is 0 Å². The minimum atomic E-state index is 0.873. The topological polar surface area (TPSA) is 44.3 Å². The van der Waals surface area contributed by atoms with E-state index in [1.165, 1.54) is 24.1 Å². The van der Waals surface area contributed by atoms with Gasteiger partial charge < -0.3 is 15.1 Å². The largest absolute Gasteiger partial charge is 0.378 e. The Morgan fingerprint density at radius 1 is 1.09 bits per heavy atom. The van der Waals surface area contributed by atoms with Crippen molar-refractivity contribution < 1.29 is 0 Å². The van der Waals surface area contributed by atoms with Gasteiger partial charge in [0.2, 0.25) is 0 Å². The molecular weight excluding hydrogens is 286 g/mol. The Morgan fingerprint density at radius 3 is 2.52 bits per heavy atom. The molecule has 1 N–H and O–H groups in total. The molecule has 1 aromatic heterocycles. The average Bonchev–Trinajstić information content (AvgIpc) is 3.10. The molecule has 1 aliphatic heterocycles. The summed E-state index contributed by atoms with van der Waals surface area (Å²) >= 11 is 0. The monoisotopic (exact) mass is 311 g/mol. The summed E-state index contributed by atoms with van der Waals surface area (Å²) in [7, 11) is 4.12. The van der Waals surface area contributed by atoms with E-state index in [1.54, 1.807) is 6.33 Å². The first-order valence-electron chi connectivity index (χ1n) is 8.29. The molecule has 5 heteroatoms. The Labute approximate surface area is 138 Å². The van der Waals surface area contributed by atoms with Gasteiger partial charge in [0.15, 0.2) is 0 Å². The van der Waals surface area contributed by atoms with Crippen LogP contribution in [-0.4, -0.2) is 43.7 Å². The number of rotatable bonds is 6. The van der Waals surface area contributed by atoms with Gasteiger partial charge in [-0.3, -0.25) is 0 Å². The summed E-state index contributed by atoms with van der Waals surface area (Å²) in [6.45, 7) is 3.08. The molecule has 1 aromatic carbocycles. The second-order valence-electron chi connectivity index (χ2n) is 6.19. The number of hydrogen-bond acceptors (Lipinski definition) is 5. The van der Waals surface area contributed by atoms with E-state index in [-0.39, 0.29) is 0 Å². The Morgan fingerprint density at radius 2 is 1.83 bits per heavy atom. The second-order valence-corrected chi connectivity index (χ2v) is 6.19. The molecule has 0 radical (unpaired) electrons. The van der Waals surface area contributed by atoms with Gasteiger partial charge in [0.1, 0.15) is 18.0 Å². The van der Waals surface area contributed by atoms with Gasteiger partial charge in [0.05, 0.1) is 0 Å². The van der Waals surface area contributed by atoms with Crippen molar-refractivity contribution in [3.05, 3.63) is 42.2 Å². The Balaban J connectivity index is 1.53. The van der Waals surface area contributed by atoms with Crippen molar-refractivity contribution >= 4 is 17.3 Å². The molecular formula is C18H25N5. The van der Waals surface area contributed by atoms with Crippen LogP contribution in [0.3, 0.4) is 0 Å². The highest BCUT2D eigenvalue weighted by Crippen LogP contribution is 2.19. The molecule has 3 rings (SSSR count). The Kier molecular flexibility index (Phi) is 4.95. The zero-order valence-corrected chi connectivity index (χ0v) is 14.0. The van der Waals surface area contributed by atoms with Crippen LogP contribution in [0.1, 0.15) is 18.4 Å². The summed E-state index contributed by atoms with van der Waals surface area (Å²) in [5.74, 6) is 1.95. The van der Waals surface area contributed by atoms with Gasteiger partial charge in [-0.1, -0.05) is 12.1 Å². The third kappa shape index (κ3) is 4.12. The molecule has 0 atom stereocenters. The number of benzene rings is 1. The first-order chi connectivity index (χ1) is 11.2. The fourth-order valence-corrected chi connectivity index (χ4v) is 2.86. The number of aromatic nitrogens is 2. The predicted molar refractivity (Wildman–Crippen MR) is 96.4 cm³/mol. The molecule has 1 fully saturated rings. The first-order valence-corrected chi connectivity index (χ1v) is 8.29. The maximum absolute atomic E-state index is 4.38. The lowest BCUT2D eigenvalue weighted by Crippen LogP contribution is -2.19. The fourth-order valence-electron chi connectivity index (χ4n) is 2.86. The molecule has 1 aliphatic rings. The van der Waals surface area contributed by atoms with Crippen molar-refractivity contribution in [1.29, 1.82) is 0 Å². The molecule has 23 heavy (non-hydrogen) atoms. The van der Waals surface area contributed by atoms with Crippen LogP contribution < -0.4 is 15.1 Å². The van der Waals surface area contributed by atoms with Crippen molar-refractivity contribution in [1.82, 2.24) is 9.97 Å². The molecule has 0 aliphatic carbocycles. The standard InChI is InChI=1S/C18H25N5/c1-22(2)16-7-5-15(6-8-16)9-10-19-17-13-18(21-14-20-17)23-11-3-4-12-23/h5-8,13-14H,3-4,9-12H2,1-2H3,(H,19,20,21). The molecule has 1 saturated heterocycles. The summed E-state index contributed by atoms with van der Waals surface area (Å²) in [5.41, 5.74) is 2.56. The molecule has 2 aromatic rings. The minimum absolute atomic E-state index is 0.873. The third-order valence-electron chi connectivity index (χ3n) is 4.26. The van der Waals surface area contributed by atoms with E-state index < -0.39 is 0 Å². The smallest absolute Gasteiger partial charge is 0.134 e. The summed E-state index contributed by atoms with van der Waals surface area (Å²) < 4.78 is 0. The average molecular weight is 311 g/mol. The van der Waals surface area contributed by atoms with Crippen LogP contribution in [0.5, 0.6) is 0 Å². The molecule has 5 nitrogen and oxygen atoms in total. The van der Waals surface area contributed by atoms with Crippen molar-refractivity contribution in [2.45, 2.75) is 19.3 Å². The van der Waals surface area contributed by atoms with Gasteiger partial charge in [-0.25, -0.2) is 9.97 Å². The van der Waals surface area contributed by atoms with Crippen molar-refractivity contribution in [2.75, 3.05) is 48.8 Å². The number of nitrogens with one attached hydrogen (secondary N) is 1. The van der Waals surface area contributed by atoms with Gasteiger partial charge in [-0.2, -0.15) is 0 Å². The Hall–Kier alpha value is -2.30. The van der Waals surface area contributed by atoms with Crippen LogP contribution in [0.4, 0.5) is 17.3 Å². The minimum Gasteiger partial charge on any atom is -0.378 e. The van der Waals surface area contributed by atoms with Crippen LogP contribution in [-0.2, 0) is 6.42 Å². The zero-order chi connectivity index (χ0) is 16.1. The predicted octanol–water partition coefficient (Wildman–Crippen LogP) is 2.80. The number of hydrogen-bond donors (Lipinski definition) is 1. The van der Waals surface area contributed by atoms with E-state index in [0.29, 0.717) is 0 Å². The van der Waals surface area contributed by atoms with Gasteiger partial charge >= 0.3 is 0 Å². The van der Waals surface area contributed by atoms with Crippen molar-refractivity contribution in [3.63, 3.8) is 0 Å². The van der Waals surface area contributed by atoms with Crippen LogP contribution in [0, 0.1) is 0 Å². The van der Waals surface area contributed by atoms with E-state index in [0.717, 1.165) is 37.7 Å². The van der Waals surface area contributed by atoms with Crippen LogP contribution in [0.15, 0.2) is 36.7 Å². The van der Waals surface area contributed by atoms with Gasteiger partial charge in [-0.05, 0) is 37.0 Å². The van der Waals surface area contributed by atoms with Gasteiger partial charge in [0.25, 0.3) is 0 Å². The summed E-state index contributed by atoms with van der Waals surface area (Å²) in [4.78, 5) is 13.1. The van der Waals surface area contributed by atoms with Gasteiger partial charge in [-0.15, -0.1) is 0 Å². The third-order valence-corrected chi connectivity index (χ3v) is 4.26.